The number of aromatic amines is 1. The highest BCUT2D eigenvalue weighted by atomic mass is 19.2. The maximum atomic E-state index is 12.8. The second-order valence-electron chi connectivity index (χ2n) is 5.13. The van der Waals surface area contributed by atoms with Crippen LogP contribution in [0.15, 0.2) is 61.1 Å². The first-order valence-corrected chi connectivity index (χ1v) is 8.25. The Bertz CT molecular complexity index is 807. The molecule has 1 aromatic heterocycles. The highest BCUT2D eigenvalue weighted by molar-refractivity contribution is 5.67. The van der Waals surface area contributed by atoms with Crippen LogP contribution in [-0.2, 0) is 0 Å². The van der Waals surface area contributed by atoms with E-state index in [4.69, 9.17) is 4.74 Å². The zero-order valence-corrected chi connectivity index (χ0v) is 16.2. The number of alkyl halides is 2. The molecule has 0 aliphatic carbocycles. The quantitative estimate of drug-likeness (QED) is 0.417. The fraction of sp³-hybridized carbons (Fsp3) is 0.190. The fourth-order valence-electron chi connectivity index (χ4n) is 1.70. The number of allylic oxidation sites excluding steroid dienone is 3. The van der Waals surface area contributed by atoms with Crippen molar-refractivity contribution in [2.75, 3.05) is 20.5 Å². The molecule has 0 atom stereocenters. The highest BCUT2D eigenvalue weighted by Crippen LogP contribution is 2.14. The molecule has 0 bridgehead atoms. The molecule has 0 fully saturated rings. The Kier molecular flexibility index (Phi) is 13.2. The Balaban J connectivity index is 0.000000740. The minimum atomic E-state index is -1.34. The van der Waals surface area contributed by atoms with Crippen molar-refractivity contribution in [3.63, 3.8) is 0 Å². The number of rotatable bonds is 6. The van der Waals surface area contributed by atoms with Crippen LogP contribution in [0.1, 0.15) is 24.0 Å². The van der Waals surface area contributed by atoms with Crippen molar-refractivity contribution in [3.8, 4) is 5.75 Å². The van der Waals surface area contributed by atoms with Crippen molar-refractivity contribution in [1.29, 1.82) is 0 Å². The van der Waals surface area contributed by atoms with E-state index in [-0.39, 0.29) is 0 Å². The molecule has 2 rings (SSSR count). The van der Waals surface area contributed by atoms with Crippen molar-refractivity contribution in [1.82, 2.24) is 9.97 Å². The number of nitrogens with one attached hydrogen (secondary N) is 1. The predicted octanol–water partition coefficient (Wildman–Crippen LogP) is 6.80. The third kappa shape index (κ3) is 10.7. The number of nitrogens with zero attached hydrogens (tertiary/aromatic N) is 1. The maximum Gasteiger partial charge on any atom is 0.162 e. The van der Waals surface area contributed by atoms with Crippen LogP contribution < -0.4 is 4.74 Å². The third-order valence-corrected chi connectivity index (χ3v) is 3.10. The molecule has 0 spiro atoms. The van der Waals surface area contributed by atoms with E-state index in [0.29, 0.717) is 11.5 Å². The summed E-state index contributed by atoms with van der Waals surface area (Å²) in [6.07, 6.45) is 6.14. The lowest BCUT2D eigenvalue weighted by Crippen LogP contribution is -1.81. The molecule has 2 aromatic rings. The van der Waals surface area contributed by atoms with Crippen LogP contribution in [0.2, 0.25) is 0 Å². The highest BCUT2D eigenvalue weighted by Gasteiger charge is 1.98. The molecular formula is C21H23F5N2O. The van der Waals surface area contributed by atoms with E-state index < -0.39 is 30.8 Å². The summed E-state index contributed by atoms with van der Waals surface area (Å²) in [5.41, 5.74) is 1.41. The van der Waals surface area contributed by atoms with Crippen LogP contribution in [0, 0.1) is 0 Å². The van der Waals surface area contributed by atoms with Gasteiger partial charge in [0.2, 0.25) is 0 Å². The van der Waals surface area contributed by atoms with Gasteiger partial charge < -0.3 is 9.72 Å². The molecule has 0 saturated heterocycles. The fourth-order valence-corrected chi connectivity index (χ4v) is 1.70. The average molecular weight is 414 g/mol. The van der Waals surface area contributed by atoms with Crippen molar-refractivity contribution in [2.24, 2.45) is 0 Å². The van der Waals surface area contributed by atoms with Gasteiger partial charge in [0.15, 0.2) is 5.83 Å². The van der Waals surface area contributed by atoms with Gasteiger partial charge in [0.1, 0.15) is 36.6 Å². The van der Waals surface area contributed by atoms with E-state index in [2.05, 4.69) is 23.1 Å². The van der Waals surface area contributed by atoms with Crippen LogP contribution in [0.25, 0.3) is 18.2 Å². The number of methoxy groups -OCH3 is 1. The van der Waals surface area contributed by atoms with Crippen LogP contribution in [0.3, 0.4) is 0 Å². The minimum Gasteiger partial charge on any atom is -0.497 e. The van der Waals surface area contributed by atoms with E-state index in [1.54, 1.807) is 13.2 Å². The molecule has 3 nitrogen and oxygen atoms in total. The van der Waals surface area contributed by atoms with E-state index >= 15 is 0 Å². The van der Waals surface area contributed by atoms with Gasteiger partial charge in [-0.1, -0.05) is 18.2 Å². The molecule has 0 saturated carbocycles. The van der Waals surface area contributed by atoms with E-state index in [1.807, 2.05) is 30.3 Å². The first kappa shape index (κ1) is 25.8. The van der Waals surface area contributed by atoms with E-state index in [9.17, 15) is 22.0 Å². The number of hydrogen-bond donors (Lipinski definition) is 1. The lowest BCUT2D eigenvalue weighted by atomic mass is 10.2. The topological polar surface area (TPSA) is 37.9 Å². The third-order valence-electron chi connectivity index (χ3n) is 3.10. The van der Waals surface area contributed by atoms with Gasteiger partial charge in [0.05, 0.1) is 19.0 Å². The van der Waals surface area contributed by atoms with Crippen LogP contribution in [-0.4, -0.2) is 30.4 Å². The number of hydrogen-bond acceptors (Lipinski definition) is 2. The van der Waals surface area contributed by atoms with Crippen LogP contribution in [0.4, 0.5) is 22.0 Å². The standard InChI is InChI=1S/C15H14F2N2O.C4H5F3.C2H4/c1-20-14-5-2-11(3-6-14)4-7-15-18-10-13(19-15)8-12(17)9-16;1-3(6)4(7)2-5;1-2/h2-8,10H,9H2,1H3,(H,18,19);2H2,1H3;1-2H2/b7-4+,12-8-;4-3-;. The number of H-pyrrole nitrogens is 1. The molecule has 8 heteroatoms. The summed E-state index contributed by atoms with van der Waals surface area (Å²) in [6.45, 7) is 4.41. The molecule has 1 N–H and O–H groups in total. The first-order chi connectivity index (χ1) is 13.9. The largest absolute Gasteiger partial charge is 0.497 e. The summed E-state index contributed by atoms with van der Waals surface area (Å²) in [5, 5.41) is 0. The van der Waals surface area contributed by atoms with Gasteiger partial charge in [0, 0.05) is 0 Å². The molecule has 0 aliphatic rings. The summed E-state index contributed by atoms with van der Waals surface area (Å²) in [4.78, 5) is 6.92. The Labute approximate surface area is 166 Å². The Morgan fingerprint density at radius 2 is 1.69 bits per heavy atom. The minimum absolute atomic E-state index is 0.425. The maximum absolute atomic E-state index is 12.8. The molecular weight excluding hydrogens is 391 g/mol. The van der Waals surface area contributed by atoms with Crippen molar-refractivity contribution < 1.29 is 26.7 Å². The van der Waals surface area contributed by atoms with Gasteiger partial charge in [0.25, 0.3) is 0 Å². The molecule has 158 valence electrons. The summed E-state index contributed by atoms with van der Waals surface area (Å²) in [7, 11) is 1.61. The lowest BCUT2D eigenvalue weighted by molar-refractivity contribution is 0.415. The van der Waals surface area contributed by atoms with E-state index in [1.165, 1.54) is 6.20 Å². The van der Waals surface area contributed by atoms with Crippen molar-refractivity contribution in [2.45, 2.75) is 6.92 Å². The number of imidazole rings is 1. The summed E-state index contributed by atoms with van der Waals surface area (Å²) < 4.78 is 63.5. The molecule has 0 unspecified atom stereocenters. The van der Waals surface area contributed by atoms with Crippen LogP contribution in [0.5, 0.6) is 5.75 Å². The Hall–Kier alpha value is -3.16. The zero-order valence-electron chi connectivity index (χ0n) is 16.2. The monoisotopic (exact) mass is 414 g/mol. The number of halogens is 5. The molecule has 1 aromatic carbocycles. The van der Waals surface area contributed by atoms with E-state index in [0.717, 1.165) is 24.3 Å². The lowest BCUT2D eigenvalue weighted by Gasteiger charge is -1.98. The van der Waals surface area contributed by atoms with Gasteiger partial charge in [-0.15, -0.1) is 13.2 Å². The number of benzene rings is 1. The van der Waals surface area contributed by atoms with Gasteiger partial charge in [-0.05, 0) is 36.8 Å². The summed E-state index contributed by atoms with van der Waals surface area (Å²) >= 11 is 0. The molecule has 29 heavy (non-hydrogen) atoms. The molecule has 0 aliphatic heterocycles. The predicted molar refractivity (Wildman–Crippen MR) is 108 cm³/mol. The first-order valence-electron chi connectivity index (χ1n) is 8.25. The Morgan fingerprint density at radius 3 is 2.14 bits per heavy atom. The van der Waals surface area contributed by atoms with Gasteiger partial charge in [-0.2, -0.15) is 0 Å². The molecule has 1 heterocycles. The molecule has 0 radical (unpaired) electrons. The van der Waals surface area contributed by atoms with Crippen LogP contribution >= 0.6 is 0 Å². The molecule has 0 amide bonds. The van der Waals surface area contributed by atoms with Crippen molar-refractivity contribution in [3.05, 3.63) is 78.2 Å². The summed E-state index contributed by atoms with van der Waals surface area (Å²) in [5.74, 6) is -1.88. The van der Waals surface area contributed by atoms with Gasteiger partial charge in [-0.3, -0.25) is 0 Å². The average Bonchev–Trinajstić information content (AvgIpc) is 3.20. The number of aromatic nitrogens is 2. The number of ether oxygens (including phenoxy) is 1. The zero-order chi connectivity index (χ0) is 22.2. The normalized spacial score (nSPS) is 11.8. The Morgan fingerprint density at radius 1 is 1.07 bits per heavy atom. The SMILES string of the molecule is C/C(F)=C(/F)CF.C=C.COc1ccc(/C=C/c2ncc(/C=C(\F)CF)[nH]2)cc1. The smallest absolute Gasteiger partial charge is 0.162 e. The van der Waals surface area contributed by atoms with Crippen molar-refractivity contribution >= 4 is 18.2 Å². The van der Waals surface area contributed by atoms with Gasteiger partial charge in [-0.25, -0.2) is 26.9 Å². The second kappa shape index (κ2) is 14.8. The summed E-state index contributed by atoms with van der Waals surface area (Å²) in [6, 6.07) is 7.52. The second-order valence-corrected chi connectivity index (χ2v) is 5.13. The van der Waals surface area contributed by atoms with Gasteiger partial charge >= 0.3 is 0 Å².